The summed E-state index contributed by atoms with van der Waals surface area (Å²) in [5.41, 5.74) is 3.30. The van der Waals surface area contributed by atoms with E-state index in [1.807, 2.05) is 0 Å². The highest BCUT2D eigenvalue weighted by Gasteiger charge is 2.24. The molecule has 0 saturated carbocycles. The summed E-state index contributed by atoms with van der Waals surface area (Å²) in [6.45, 7) is 6.75. The predicted molar refractivity (Wildman–Crippen MR) is 68.6 cm³/mol. The average Bonchev–Trinajstić information content (AvgIpc) is 2.28. The van der Waals surface area contributed by atoms with Crippen molar-refractivity contribution in [2.75, 3.05) is 0 Å². The van der Waals surface area contributed by atoms with Gasteiger partial charge in [0.25, 0.3) is 0 Å². The van der Waals surface area contributed by atoms with Crippen LogP contribution in [0.3, 0.4) is 0 Å². The van der Waals surface area contributed by atoms with Crippen LogP contribution in [0.5, 0.6) is 0 Å². The van der Waals surface area contributed by atoms with E-state index in [-0.39, 0.29) is 5.54 Å². The lowest BCUT2D eigenvalue weighted by Crippen LogP contribution is -2.48. The van der Waals surface area contributed by atoms with Gasteiger partial charge in [-0.25, -0.2) is 0 Å². The quantitative estimate of drug-likeness (QED) is 0.330. The highest BCUT2D eigenvalue weighted by Crippen LogP contribution is 2.24. The molecule has 0 saturated heterocycles. The third-order valence-electron chi connectivity index (χ3n) is 3.50. The summed E-state index contributed by atoms with van der Waals surface area (Å²) in [7, 11) is 0. The Balaban J connectivity index is 3.93. The van der Waals surface area contributed by atoms with Gasteiger partial charge in [-0.3, -0.25) is 11.3 Å². The SMILES string of the molecule is CCCCCC(CC)(CCCCC)NN. The maximum absolute atomic E-state index is 5.73. The Morgan fingerprint density at radius 2 is 1.33 bits per heavy atom. The van der Waals surface area contributed by atoms with Crippen molar-refractivity contribution in [3.8, 4) is 0 Å². The second-order valence-electron chi connectivity index (χ2n) is 4.69. The van der Waals surface area contributed by atoms with Crippen LogP contribution in [0.15, 0.2) is 0 Å². The number of hydrogen-bond acceptors (Lipinski definition) is 2. The van der Waals surface area contributed by atoms with Crippen LogP contribution in [0, 0.1) is 0 Å². The number of hydrogen-bond donors (Lipinski definition) is 2. The molecule has 2 nitrogen and oxygen atoms in total. The summed E-state index contributed by atoms with van der Waals surface area (Å²) in [6, 6.07) is 0. The molecule has 2 heteroatoms. The van der Waals surface area contributed by atoms with Gasteiger partial charge in [-0.2, -0.15) is 0 Å². The van der Waals surface area contributed by atoms with Gasteiger partial charge in [-0.1, -0.05) is 59.3 Å². The molecule has 0 rings (SSSR count). The number of nitrogens with two attached hydrogens (primary N) is 1. The Hall–Kier alpha value is -0.0800. The van der Waals surface area contributed by atoms with Crippen molar-refractivity contribution in [2.45, 2.75) is 84.1 Å². The van der Waals surface area contributed by atoms with Gasteiger partial charge < -0.3 is 0 Å². The maximum atomic E-state index is 5.73. The first-order valence-corrected chi connectivity index (χ1v) is 6.72. The molecule has 0 aromatic rings. The molecule has 0 heterocycles. The second-order valence-corrected chi connectivity index (χ2v) is 4.69. The van der Waals surface area contributed by atoms with Crippen molar-refractivity contribution >= 4 is 0 Å². The lowest BCUT2D eigenvalue weighted by Gasteiger charge is -2.32. The fourth-order valence-corrected chi connectivity index (χ4v) is 2.15. The van der Waals surface area contributed by atoms with E-state index in [2.05, 4.69) is 26.2 Å². The molecule has 0 aliphatic rings. The number of hydrazine groups is 1. The topological polar surface area (TPSA) is 38.0 Å². The summed E-state index contributed by atoms with van der Waals surface area (Å²) in [4.78, 5) is 0. The van der Waals surface area contributed by atoms with Crippen LogP contribution in [0.25, 0.3) is 0 Å². The van der Waals surface area contributed by atoms with Gasteiger partial charge in [-0.15, -0.1) is 0 Å². The molecule has 0 aliphatic carbocycles. The molecule has 3 N–H and O–H groups in total. The normalized spacial score (nSPS) is 12.0. The first kappa shape index (κ1) is 14.9. The molecule has 0 unspecified atom stereocenters. The van der Waals surface area contributed by atoms with Gasteiger partial charge in [0.2, 0.25) is 0 Å². The van der Waals surface area contributed by atoms with E-state index in [0.29, 0.717) is 0 Å². The zero-order valence-electron chi connectivity index (χ0n) is 10.9. The van der Waals surface area contributed by atoms with E-state index in [4.69, 9.17) is 5.84 Å². The molecule has 0 spiro atoms. The zero-order chi connectivity index (χ0) is 11.6. The first-order chi connectivity index (χ1) is 7.24. The van der Waals surface area contributed by atoms with Gasteiger partial charge >= 0.3 is 0 Å². The summed E-state index contributed by atoms with van der Waals surface area (Å²) in [5.74, 6) is 5.73. The lowest BCUT2D eigenvalue weighted by molar-refractivity contribution is 0.257. The van der Waals surface area contributed by atoms with Gasteiger partial charge in [0, 0.05) is 5.54 Å². The smallest absolute Gasteiger partial charge is 0.0318 e. The minimum Gasteiger partial charge on any atom is -0.271 e. The summed E-state index contributed by atoms with van der Waals surface area (Å²) < 4.78 is 0. The molecule has 0 aliphatic heterocycles. The molecule has 92 valence electrons. The number of unbranched alkanes of at least 4 members (excludes halogenated alkanes) is 4. The molecule has 15 heavy (non-hydrogen) atoms. The van der Waals surface area contributed by atoms with Crippen LogP contribution >= 0.6 is 0 Å². The monoisotopic (exact) mass is 214 g/mol. The molecule has 0 bridgehead atoms. The molecule has 0 amide bonds. The van der Waals surface area contributed by atoms with Crippen LogP contribution in [0.4, 0.5) is 0 Å². The Morgan fingerprint density at radius 1 is 0.867 bits per heavy atom. The van der Waals surface area contributed by atoms with E-state index in [9.17, 15) is 0 Å². The van der Waals surface area contributed by atoms with E-state index >= 15 is 0 Å². The molecular formula is C13H30N2. The van der Waals surface area contributed by atoms with Crippen molar-refractivity contribution in [2.24, 2.45) is 5.84 Å². The third kappa shape index (κ3) is 6.16. The molecule has 0 atom stereocenters. The van der Waals surface area contributed by atoms with Crippen LogP contribution in [0.2, 0.25) is 0 Å². The summed E-state index contributed by atoms with van der Waals surface area (Å²) in [5, 5.41) is 0. The summed E-state index contributed by atoms with van der Waals surface area (Å²) in [6.07, 6.45) is 11.5. The average molecular weight is 214 g/mol. The van der Waals surface area contributed by atoms with E-state index in [1.54, 1.807) is 0 Å². The fourth-order valence-electron chi connectivity index (χ4n) is 2.15. The first-order valence-electron chi connectivity index (χ1n) is 6.72. The van der Waals surface area contributed by atoms with Crippen molar-refractivity contribution in [3.63, 3.8) is 0 Å². The van der Waals surface area contributed by atoms with E-state index < -0.39 is 0 Å². The molecule has 0 radical (unpaired) electrons. The minimum absolute atomic E-state index is 0.213. The standard InChI is InChI=1S/C13H30N2/c1-4-7-9-11-13(6-3,15-14)12-10-8-5-2/h15H,4-12,14H2,1-3H3. The minimum atomic E-state index is 0.213. The van der Waals surface area contributed by atoms with Gasteiger partial charge in [-0.05, 0) is 19.3 Å². The van der Waals surface area contributed by atoms with Crippen LogP contribution < -0.4 is 11.3 Å². The van der Waals surface area contributed by atoms with E-state index in [1.165, 1.54) is 51.4 Å². The van der Waals surface area contributed by atoms with Crippen molar-refractivity contribution in [1.82, 2.24) is 5.43 Å². The molecule has 0 aromatic carbocycles. The van der Waals surface area contributed by atoms with Gasteiger partial charge in [0.15, 0.2) is 0 Å². The van der Waals surface area contributed by atoms with Gasteiger partial charge in [0.1, 0.15) is 0 Å². The Morgan fingerprint density at radius 3 is 1.60 bits per heavy atom. The van der Waals surface area contributed by atoms with Crippen LogP contribution in [-0.2, 0) is 0 Å². The Labute approximate surface area is 96.0 Å². The van der Waals surface area contributed by atoms with Crippen LogP contribution in [-0.4, -0.2) is 5.54 Å². The van der Waals surface area contributed by atoms with E-state index in [0.717, 1.165) is 6.42 Å². The Bertz CT molecular complexity index is 118. The fraction of sp³-hybridized carbons (Fsp3) is 1.00. The Kier molecular flexibility index (Phi) is 9.12. The van der Waals surface area contributed by atoms with Gasteiger partial charge in [0.05, 0.1) is 0 Å². The maximum Gasteiger partial charge on any atom is 0.0318 e. The van der Waals surface area contributed by atoms with Crippen molar-refractivity contribution in [3.05, 3.63) is 0 Å². The highest BCUT2D eigenvalue weighted by molar-refractivity contribution is 4.84. The molecule has 0 aromatic heterocycles. The lowest BCUT2D eigenvalue weighted by atomic mass is 9.85. The number of rotatable bonds is 10. The largest absolute Gasteiger partial charge is 0.271 e. The molecule has 0 fully saturated rings. The molecular weight excluding hydrogens is 184 g/mol. The predicted octanol–water partition coefficient (Wildman–Crippen LogP) is 3.76. The zero-order valence-corrected chi connectivity index (χ0v) is 10.9. The second kappa shape index (κ2) is 9.17. The van der Waals surface area contributed by atoms with Crippen LogP contribution in [0.1, 0.15) is 78.6 Å². The van der Waals surface area contributed by atoms with Crippen molar-refractivity contribution < 1.29 is 0 Å². The highest BCUT2D eigenvalue weighted by atomic mass is 15.3. The summed E-state index contributed by atoms with van der Waals surface area (Å²) >= 11 is 0. The van der Waals surface area contributed by atoms with Crippen molar-refractivity contribution in [1.29, 1.82) is 0 Å². The third-order valence-corrected chi connectivity index (χ3v) is 3.50. The number of nitrogens with one attached hydrogen (secondary N) is 1.